The van der Waals surface area contributed by atoms with Gasteiger partial charge in [-0.25, -0.2) is 0 Å². The Morgan fingerprint density at radius 3 is 2.29 bits per heavy atom. The summed E-state index contributed by atoms with van der Waals surface area (Å²) in [7, 11) is 0. The zero-order chi connectivity index (χ0) is 13.0. The molecule has 0 unspecified atom stereocenters. The Kier molecular flexibility index (Phi) is 5.09. The number of ether oxygens (including phenoxy) is 1. The number of amides is 1. The van der Waals surface area contributed by atoms with E-state index in [1.165, 1.54) is 0 Å². The summed E-state index contributed by atoms with van der Waals surface area (Å²) in [4.78, 5) is 11.2. The molecule has 17 heavy (non-hydrogen) atoms. The van der Waals surface area contributed by atoms with E-state index in [0.29, 0.717) is 27.9 Å². The van der Waals surface area contributed by atoms with E-state index < -0.39 is 0 Å². The summed E-state index contributed by atoms with van der Waals surface area (Å²) in [6.45, 7) is 5.55. The molecule has 1 aromatic rings. The number of carbonyl (C=O) groups excluding carboxylic acids is 1. The number of benzene rings is 1. The number of hydrogen-bond acceptors (Lipinski definition) is 2. The van der Waals surface area contributed by atoms with E-state index in [0.717, 1.165) is 0 Å². The molecule has 1 aromatic carbocycles. The zero-order valence-corrected chi connectivity index (χ0v) is 11.5. The van der Waals surface area contributed by atoms with Crippen molar-refractivity contribution in [2.45, 2.75) is 33.3 Å². The lowest BCUT2D eigenvalue weighted by Crippen LogP contribution is -2.10. The van der Waals surface area contributed by atoms with Crippen LogP contribution in [-0.4, -0.2) is 12.0 Å². The number of nitrogens with one attached hydrogen (secondary N) is 1. The SMILES string of the molecule is CCC(=O)Nc1cc(Cl)c(OC(C)C)c(Cl)c1. The molecule has 94 valence electrons. The predicted molar refractivity (Wildman–Crippen MR) is 71.1 cm³/mol. The molecule has 5 heteroatoms. The average Bonchev–Trinajstić information content (AvgIpc) is 2.23. The van der Waals surface area contributed by atoms with Gasteiger partial charge in [0.05, 0.1) is 16.1 Å². The molecule has 0 aliphatic heterocycles. The van der Waals surface area contributed by atoms with E-state index in [4.69, 9.17) is 27.9 Å². The molecule has 0 spiro atoms. The molecule has 1 N–H and O–H groups in total. The van der Waals surface area contributed by atoms with Gasteiger partial charge in [-0.05, 0) is 26.0 Å². The third-order valence-electron chi connectivity index (χ3n) is 1.96. The van der Waals surface area contributed by atoms with Crippen molar-refractivity contribution in [2.24, 2.45) is 0 Å². The van der Waals surface area contributed by atoms with Crippen LogP contribution in [0.3, 0.4) is 0 Å². The van der Waals surface area contributed by atoms with Gasteiger partial charge in [0.15, 0.2) is 5.75 Å². The van der Waals surface area contributed by atoms with E-state index >= 15 is 0 Å². The summed E-state index contributed by atoms with van der Waals surface area (Å²) in [5, 5.41) is 3.46. The Morgan fingerprint density at radius 2 is 1.88 bits per heavy atom. The van der Waals surface area contributed by atoms with Crippen molar-refractivity contribution in [1.82, 2.24) is 0 Å². The van der Waals surface area contributed by atoms with E-state index in [1.807, 2.05) is 13.8 Å². The van der Waals surface area contributed by atoms with Crippen LogP contribution in [0.4, 0.5) is 5.69 Å². The van der Waals surface area contributed by atoms with Gasteiger partial charge >= 0.3 is 0 Å². The van der Waals surface area contributed by atoms with Gasteiger partial charge in [-0.1, -0.05) is 30.1 Å². The highest BCUT2D eigenvalue weighted by molar-refractivity contribution is 6.37. The Hall–Kier alpha value is -0.930. The van der Waals surface area contributed by atoms with E-state index in [-0.39, 0.29) is 12.0 Å². The molecule has 0 radical (unpaired) electrons. The van der Waals surface area contributed by atoms with Crippen molar-refractivity contribution in [1.29, 1.82) is 0 Å². The first-order valence-electron chi connectivity index (χ1n) is 5.39. The van der Waals surface area contributed by atoms with Gasteiger partial charge in [-0.15, -0.1) is 0 Å². The van der Waals surface area contributed by atoms with Crippen LogP contribution in [-0.2, 0) is 4.79 Å². The van der Waals surface area contributed by atoms with E-state index in [2.05, 4.69) is 5.32 Å². The summed E-state index contributed by atoms with van der Waals surface area (Å²) in [5.74, 6) is 0.354. The topological polar surface area (TPSA) is 38.3 Å². The largest absolute Gasteiger partial charge is 0.488 e. The monoisotopic (exact) mass is 275 g/mol. The molecule has 0 saturated heterocycles. The minimum absolute atomic E-state index is 0.0129. The highest BCUT2D eigenvalue weighted by Gasteiger charge is 2.12. The van der Waals surface area contributed by atoms with Crippen LogP contribution in [0.1, 0.15) is 27.2 Å². The van der Waals surface area contributed by atoms with Crippen molar-refractivity contribution in [2.75, 3.05) is 5.32 Å². The van der Waals surface area contributed by atoms with Crippen molar-refractivity contribution < 1.29 is 9.53 Å². The summed E-state index contributed by atoms with van der Waals surface area (Å²) < 4.78 is 5.49. The first-order valence-corrected chi connectivity index (χ1v) is 6.15. The second-order valence-corrected chi connectivity index (χ2v) is 4.65. The molecule has 0 aliphatic rings. The highest BCUT2D eigenvalue weighted by Crippen LogP contribution is 2.36. The van der Waals surface area contributed by atoms with Crippen LogP contribution in [0.25, 0.3) is 0 Å². The molecule has 1 amide bonds. The second kappa shape index (κ2) is 6.12. The lowest BCUT2D eigenvalue weighted by atomic mass is 10.3. The van der Waals surface area contributed by atoms with E-state index in [1.54, 1.807) is 19.1 Å². The molecule has 0 fully saturated rings. The maximum Gasteiger partial charge on any atom is 0.224 e. The number of halogens is 2. The molecule has 0 bridgehead atoms. The van der Waals surface area contributed by atoms with Crippen LogP contribution < -0.4 is 10.1 Å². The van der Waals surface area contributed by atoms with Crippen molar-refractivity contribution >= 4 is 34.8 Å². The number of carbonyl (C=O) groups is 1. The summed E-state index contributed by atoms with van der Waals surface area (Å²) >= 11 is 12.1. The van der Waals surface area contributed by atoms with Gasteiger partial charge < -0.3 is 10.1 Å². The molecule has 1 rings (SSSR count). The fraction of sp³-hybridized carbons (Fsp3) is 0.417. The third-order valence-corrected chi connectivity index (χ3v) is 2.52. The standard InChI is InChI=1S/C12H15Cl2NO2/c1-4-11(16)15-8-5-9(13)12(10(14)6-8)17-7(2)3/h5-7H,4H2,1-3H3,(H,15,16). The quantitative estimate of drug-likeness (QED) is 0.897. The van der Waals surface area contributed by atoms with Crippen LogP contribution >= 0.6 is 23.2 Å². The number of anilines is 1. The maximum absolute atomic E-state index is 11.2. The molecule has 0 aromatic heterocycles. The first kappa shape index (κ1) is 14.1. The molecule has 0 saturated carbocycles. The summed E-state index contributed by atoms with van der Waals surface area (Å²) in [5.41, 5.74) is 0.572. The van der Waals surface area contributed by atoms with Crippen LogP contribution in [0.15, 0.2) is 12.1 Å². The molecule has 0 aliphatic carbocycles. The Balaban J connectivity index is 2.96. The zero-order valence-electron chi connectivity index (χ0n) is 10.0. The third kappa shape index (κ3) is 4.10. The van der Waals surface area contributed by atoms with Crippen molar-refractivity contribution in [3.05, 3.63) is 22.2 Å². The van der Waals surface area contributed by atoms with Crippen LogP contribution in [0.2, 0.25) is 10.0 Å². The number of rotatable bonds is 4. The Bertz CT molecular complexity index is 396. The Labute approximate surface area is 111 Å². The summed E-state index contributed by atoms with van der Waals surface area (Å²) in [6, 6.07) is 3.25. The van der Waals surface area contributed by atoms with E-state index in [9.17, 15) is 4.79 Å². The van der Waals surface area contributed by atoms with Gasteiger partial charge in [0, 0.05) is 12.1 Å². The fourth-order valence-corrected chi connectivity index (χ4v) is 1.81. The molecule has 0 heterocycles. The van der Waals surface area contributed by atoms with Gasteiger partial charge in [0.1, 0.15) is 0 Å². The normalized spacial score (nSPS) is 10.5. The molecular weight excluding hydrogens is 261 g/mol. The molecule has 3 nitrogen and oxygen atoms in total. The molecule has 0 atom stereocenters. The van der Waals surface area contributed by atoms with Crippen molar-refractivity contribution in [3.63, 3.8) is 0 Å². The predicted octanol–water partition coefficient (Wildman–Crippen LogP) is 4.13. The van der Waals surface area contributed by atoms with Crippen molar-refractivity contribution in [3.8, 4) is 5.75 Å². The van der Waals surface area contributed by atoms with Gasteiger partial charge in [0.25, 0.3) is 0 Å². The van der Waals surface area contributed by atoms with Gasteiger partial charge in [0.2, 0.25) is 5.91 Å². The summed E-state index contributed by atoms with van der Waals surface area (Å²) in [6.07, 6.45) is 0.389. The maximum atomic E-state index is 11.2. The van der Waals surface area contributed by atoms with Gasteiger partial charge in [-0.3, -0.25) is 4.79 Å². The first-order chi connectivity index (χ1) is 7.93. The van der Waals surface area contributed by atoms with Crippen LogP contribution in [0.5, 0.6) is 5.75 Å². The fourth-order valence-electron chi connectivity index (χ4n) is 1.23. The highest BCUT2D eigenvalue weighted by atomic mass is 35.5. The minimum atomic E-state index is -0.0883. The lowest BCUT2D eigenvalue weighted by Gasteiger charge is -2.14. The van der Waals surface area contributed by atoms with Gasteiger partial charge in [-0.2, -0.15) is 0 Å². The second-order valence-electron chi connectivity index (χ2n) is 3.84. The smallest absolute Gasteiger partial charge is 0.224 e. The molecular formula is C12H15Cl2NO2. The number of hydrogen-bond donors (Lipinski definition) is 1. The minimum Gasteiger partial charge on any atom is -0.488 e. The van der Waals surface area contributed by atoms with Crippen LogP contribution in [0, 0.1) is 0 Å². The average molecular weight is 276 g/mol. The Morgan fingerprint density at radius 1 is 1.35 bits per heavy atom. The lowest BCUT2D eigenvalue weighted by molar-refractivity contribution is -0.115.